The monoisotopic (exact) mass is 422 g/mol. The van der Waals surface area contributed by atoms with Gasteiger partial charge in [-0.3, -0.25) is 0 Å². The first kappa shape index (κ1) is 20.2. The van der Waals surface area contributed by atoms with Gasteiger partial charge >= 0.3 is 0 Å². The zero-order valence-electron chi connectivity index (χ0n) is 18.1. The Morgan fingerprint density at radius 3 is 2.59 bits per heavy atom. The lowest BCUT2D eigenvalue weighted by atomic mass is 10.0. The van der Waals surface area contributed by atoms with Crippen molar-refractivity contribution >= 4 is 22.1 Å². The molecule has 0 amide bonds. The molecule has 0 aliphatic heterocycles. The minimum Gasteiger partial charge on any atom is -0.395 e. The van der Waals surface area contributed by atoms with E-state index in [2.05, 4.69) is 94.1 Å². The number of benzene rings is 3. The first-order chi connectivity index (χ1) is 15.8. The fourth-order valence-electron chi connectivity index (χ4n) is 4.30. The van der Waals surface area contributed by atoms with Crippen molar-refractivity contribution in [2.45, 2.75) is 13.3 Å². The Balaban J connectivity index is 1.53. The number of aliphatic hydroxyl groups is 1. The van der Waals surface area contributed by atoms with Gasteiger partial charge in [-0.25, -0.2) is 9.97 Å². The van der Waals surface area contributed by atoms with Crippen LogP contribution in [0.15, 0.2) is 85.3 Å². The van der Waals surface area contributed by atoms with Crippen LogP contribution < -0.4 is 4.90 Å². The second kappa shape index (κ2) is 8.81. The van der Waals surface area contributed by atoms with Crippen molar-refractivity contribution < 1.29 is 5.11 Å². The van der Waals surface area contributed by atoms with Gasteiger partial charge in [0.05, 0.1) is 18.0 Å². The van der Waals surface area contributed by atoms with E-state index in [1.165, 1.54) is 16.3 Å². The maximum Gasteiger partial charge on any atom is 0.158 e. The molecule has 5 rings (SSSR count). The molecule has 0 aliphatic carbocycles. The quantitative estimate of drug-likeness (QED) is 0.403. The van der Waals surface area contributed by atoms with Gasteiger partial charge in [0.2, 0.25) is 0 Å². The fourth-order valence-corrected chi connectivity index (χ4v) is 4.30. The Labute approximate surface area is 187 Å². The molecule has 0 radical (unpaired) electrons. The van der Waals surface area contributed by atoms with E-state index in [-0.39, 0.29) is 6.61 Å². The topological polar surface area (TPSA) is 53.7 Å². The Bertz CT molecular complexity index is 1350. The normalized spacial score (nSPS) is 11.3. The van der Waals surface area contributed by atoms with Gasteiger partial charge in [-0.15, -0.1) is 0 Å². The number of imidazole rings is 1. The van der Waals surface area contributed by atoms with Crippen LogP contribution in [0.1, 0.15) is 18.2 Å². The molecule has 2 aromatic heterocycles. The number of anilines is 1. The molecule has 0 unspecified atom stereocenters. The third-order valence-electron chi connectivity index (χ3n) is 5.93. The Hall–Kier alpha value is -3.70. The van der Waals surface area contributed by atoms with Crippen LogP contribution in [0.4, 0.5) is 5.69 Å². The number of fused-ring (bicyclic) bond motifs is 2. The van der Waals surface area contributed by atoms with Crippen molar-refractivity contribution in [3.63, 3.8) is 0 Å². The molecule has 0 bridgehead atoms. The lowest BCUT2D eigenvalue weighted by Gasteiger charge is -2.22. The maximum atomic E-state index is 9.29. The van der Waals surface area contributed by atoms with Crippen molar-refractivity contribution in [1.29, 1.82) is 0 Å². The summed E-state index contributed by atoms with van der Waals surface area (Å²) in [6.07, 6.45) is 6.56. The molecule has 0 aliphatic rings. The number of nitrogens with zero attached hydrogens (tertiary/aromatic N) is 4. The van der Waals surface area contributed by atoms with E-state index in [1.54, 1.807) is 0 Å². The van der Waals surface area contributed by atoms with Crippen LogP contribution in [0.5, 0.6) is 0 Å². The van der Waals surface area contributed by atoms with Gasteiger partial charge in [0.1, 0.15) is 0 Å². The van der Waals surface area contributed by atoms with Crippen molar-refractivity contribution in [3.8, 4) is 11.3 Å². The lowest BCUT2D eigenvalue weighted by Crippen LogP contribution is -2.25. The number of likely N-dealkylation sites (N-methyl/N-ethyl adjacent to an activating group) is 1. The van der Waals surface area contributed by atoms with E-state index in [4.69, 9.17) is 4.98 Å². The summed E-state index contributed by atoms with van der Waals surface area (Å²) in [5.41, 5.74) is 6.20. The molecule has 1 N–H and O–H groups in total. The molecule has 32 heavy (non-hydrogen) atoms. The molecule has 5 nitrogen and oxygen atoms in total. The zero-order valence-corrected chi connectivity index (χ0v) is 18.1. The van der Waals surface area contributed by atoms with E-state index < -0.39 is 0 Å². The molecule has 2 heterocycles. The van der Waals surface area contributed by atoms with Crippen LogP contribution >= 0.6 is 0 Å². The van der Waals surface area contributed by atoms with E-state index >= 15 is 0 Å². The number of aromatic nitrogens is 3. The average molecular weight is 423 g/mol. The van der Waals surface area contributed by atoms with Gasteiger partial charge < -0.3 is 14.4 Å². The van der Waals surface area contributed by atoms with Gasteiger partial charge in [-0.2, -0.15) is 0 Å². The maximum absolute atomic E-state index is 9.29. The molecule has 160 valence electrons. The number of rotatable bonds is 7. The fraction of sp³-hybridized carbons (Fsp3) is 0.185. The lowest BCUT2D eigenvalue weighted by molar-refractivity contribution is 0.302. The largest absolute Gasteiger partial charge is 0.395 e. The SMILES string of the molecule is CCN(CCO)c1ccc(Cc2nc(-c3cccc4ccccc34)cn3ccnc23)cc1. The van der Waals surface area contributed by atoms with E-state index in [9.17, 15) is 5.11 Å². The molecule has 0 atom stereocenters. The van der Waals surface area contributed by atoms with Gasteiger partial charge in [0.15, 0.2) is 5.65 Å². The number of hydrogen-bond donors (Lipinski definition) is 1. The molecule has 0 spiro atoms. The molecule has 0 fully saturated rings. The van der Waals surface area contributed by atoms with Crippen LogP contribution in [-0.2, 0) is 6.42 Å². The highest BCUT2D eigenvalue weighted by Gasteiger charge is 2.12. The second-order valence-corrected chi connectivity index (χ2v) is 7.90. The summed E-state index contributed by atoms with van der Waals surface area (Å²) < 4.78 is 2.06. The number of hydrogen-bond acceptors (Lipinski definition) is 4. The summed E-state index contributed by atoms with van der Waals surface area (Å²) in [6, 6.07) is 23.3. The Kier molecular flexibility index (Phi) is 5.57. The van der Waals surface area contributed by atoms with Gasteiger partial charge in [0, 0.05) is 49.4 Å². The molecular weight excluding hydrogens is 396 g/mol. The van der Waals surface area contributed by atoms with E-state index in [1.807, 2.05) is 12.4 Å². The van der Waals surface area contributed by atoms with Crippen molar-refractivity contribution in [3.05, 3.63) is 96.6 Å². The highest BCUT2D eigenvalue weighted by atomic mass is 16.3. The molecule has 5 aromatic rings. The predicted molar refractivity (Wildman–Crippen MR) is 130 cm³/mol. The van der Waals surface area contributed by atoms with Crippen molar-refractivity contribution in [2.75, 3.05) is 24.6 Å². The van der Waals surface area contributed by atoms with Crippen molar-refractivity contribution in [1.82, 2.24) is 14.4 Å². The van der Waals surface area contributed by atoms with Crippen LogP contribution in [0.2, 0.25) is 0 Å². The molecule has 0 saturated carbocycles. The van der Waals surface area contributed by atoms with Crippen molar-refractivity contribution in [2.24, 2.45) is 0 Å². The molecular formula is C27H26N4O. The summed E-state index contributed by atoms with van der Waals surface area (Å²) in [6.45, 7) is 3.75. The van der Waals surface area contributed by atoms with E-state index in [0.717, 1.165) is 34.8 Å². The minimum absolute atomic E-state index is 0.151. The van der Waals surface area contributed by atoms with Crippen LogP contribution in [0.25, 0.3) is 27.7 Å². The predicted octanol–water partition coefficient (Wildman–Crippen LogP) is 4.96. The second-order valence-electron chi connectivity index (χ2n) is 7.90. The van der Waals surface area contributed by atoms with E-state index in [0.29, 0.717) is 13.0 Å². The average Bonchev–Trinajstić information content (AvgIpc) is 3.32. The summed E-state index contributed by atoms with van der Waals surface area (Å²) in [7, 11) is 0. The van der Waals surface area contributed by atoms with Crippen LogP contribution in [0, 0.1) is 0 Å². The highest BCUT2D eigenvalue weighted by Crippen LogP contribution is 2.28. The third kappa shape index (κ3) is 3.83. The Morgan fingerprint density at radius 1 is 0.969 bits per heavy atom. The summed E-state index contributed by atoms with van der Waals surface area (Å²) in [4.78, 5) is 11.8. The summed E-state index contributed by atoms with van der Waals surface area (Å²) in [5.74, 6) is 0. The highest BCUT2D eigenvalue weighted by molar-refractivity contribution is 5.95. The first-order valence-electron chi connectivity index (χ1n) is 11.0. The van der Waals surface area contributed by atoms with Gasteiger partial charge in [-0.1, -0.05) is 54.6 Å². The summed E-state index contributed by atoms with van der Waals surface area (Å²) in [5, 5.41) is 11.7. The summed E-state index contributed by atoms with van der Waals surface area (Å²) >= 11 is 0. The third-order valence-corrected chi connectivity index (χ3v) is 5.93. The molecule has 5 heteroatoms. The number of aliphatic hydroxyl groups excluding tert-OH is 1. The zero-order chi connectivity index (χ0) is 21.9. The standard InChI is InChI=1S/C27H26N4O/c1-2-30(16-17-32)22-12-10-20(11-13-22)18-25-27-28-14-15-31(27)19-26(29-25)24-9-5-7-21-6-3-4-8-23(21)24/h3-15,19,32H,2,16-18H2,1H3. The minimum atomic E-state index is 0.151. The first-order valence-corrected chi connectivity index (χ1v) is 11.0. The van der Waals surface area contributed by atoms with Gasteiger partial charge in [0.25, 0.3) is 0 Å². The Morgan fingerprint density at radius 2 is 1.78 bits per heavy atom. The molecule has 0 saturated heterocycles. The smallest absolute Gasteiger partial charge is 0.158 e. The van der Waals surface area contributed by atoms with Crippen LogP contribution in [0.3, 0.4) is 0 Å². The van der Waals surface area contributed by atoms with Gasteiger partial charge in [-0.05, 0) is 35.4 Å². The molecule has 3 aromatic carbocycles. The van der Waals surface area contributed by atoms with Crippen LogP contribution in [-0.4, -0.2) is 39.2 Å².